The third kappa shape index (κ3) is 3.78. The Balaban J connectivity index is 1.67. The summed E-state index contributed by atoms with van der Waals surface area (Å²) in [5.41, 5.74) is 2.41. The molecule has 4 rings (SSSR count). The summed E-state index contributed by atoms with van der Waals surface area (Å²) in [6.45, 7) is 1.81. The summed E-state index contributed by atoms with van der Waals surface area (Å²) in [5, 5.41) is 8.26. The van der Waals surface area contributed by atoms with Gasteiger partial charge in [0.05, 0.1) is 17.1 Å². The first-order valence-electron chi connectivity index (χ1n) is 8.16. The van der Waals surface area contributed by atoms with Gasteiger partial charge in [0.25, 0.3) is 11.1 Å². The Labute approximate surface area is 158 Å². The van der Waals surface area contributed by atoms with E-state index in [-0.39, 0.29) is 16.9 Å². The number of nitrogens with zero attached hydrogens (tertiary/aromatic N) is 2. The van der Waals surface area contributed by atoms with Crippen LogP contribution < -0.4 is 0 Å². The van der Waals surface area contributed by atoms with E-state index in [4.69, 9.17) is 8.83 Å². The predicted molar refractivity (Wildman–Crippen MR) is 97.2 cm³/mol. The molecule has 0 radical (unpaired) electrons. The maximum Gasteiger partial charge on any atom is 0.277 e. The van der Waals surface area contributed by atoms with Crippen LogP contribution in [-0.4, -0.2) is 10.2 Å². The van der Waals surface area contributed by atoms with Gasteiger partial charge in [-0.25, -0.2) is 8.78 Å². The fourth-order valence-corrected chi connectivity index (χ4v) is 3.68. The van der Waals surface area contributed by atoms with Gasteiger partial charge in [0, 0.05) is 0 Å². The summed E-state index contributed by atoms with van der Waals surface area (Å²) in [4.78, 5) is 0. The number of benzene rings is 2. The zero-order chi connectivity index (χ0) is 18.8. The molecular formula is C20H14F2N2O2S. The van der Waals surface area contributed by atoms with E-state index < -0.39 is 0 Å². The van der Waals surface area contributed by atoms with E-state index in [1.54, 1.807) is 36.6 Å². The van der Waals surface area contributed by atoms with Gasteiger partial charge in [-0.3, -0.25) is 0 Å². The van der Waals surface area contributed by atoms with Gasteiger partial charge in [0.1, 0.15) is 17.4 Å². The molecule has 2 heterocycles. The Morgan fingerprint density at radius 2 is 1.44 bits per heavy atom. The number of halogens is 2. The monoisotopic (exact) mass is 384 g/mol. The average molecular weight is 384 g/mol. The number of aromatic nitrogens is 2. The Morgan fingerprint density at radius 1 is 0.852 bits per heavy atom. The number of furan rings is 1. The second-order valence-corrected chi connectivity index (χ2v) is 6.92. The number of aryl methyl sites for hydroxylation is 1. The summed E-state index contributed by atoms with van der Waals surface area (Å²) in [6.07, 6.45) is 1.56. The van der Waals surface area contributed by atoms with E-state index in [1.165, 1.54) is 36.0 Å². The van der Waals surface area contributed by atoms with E-state index in [0.29, 0.717) is 16.9 Å². The number of rotatable bonds is 5. The van der Waals surface area contributed by atoms with Crippen LogP contribution in [0, 0.1) is 18.6 Å². The van der Waals surface area contributed by atoms with Crippen molar-refractivity contribution in [3.05, 3.63) is 89.4 Å². The summed E-state index contributed by atoms with van der Waals surface area (Å²) in [6, 6.07) is 14.1. The number of hydrogen-bond acceptors (Lipinski definition) is 5. The fourth-order valence-electron chi connectivity index (χ4n) is 2.68. The lowest BCUT2D eigenvalue weighted by molar-refractivity contribution is 0.463. The van der Waals surface area contributed by atoms with Crippen LogP contribution in [0.15, 0.2) is 74.9 Å². The Bertz CT molecular complexity index is 997. The SMILES string of the molecule is Cc1occc1-c1nnc(SC(c2ccc(F)cc2)c2ccc(F)cc2)o1. The molecular weight excluding hydrogens is 370 g/mol. The van der Waals surface area contributed by atoms with Crippen molar-refractivity contribution in [3.8, 4) is 11.5 Å². The molecule has 4 nitrogen and oxygen atoms in total. The van der Waals surface area contributed by atoms with Gasteiger partial charge in [-0.1, -0.05) is 36.0 Å². The summed E-state index contributed by atoms with van der Waals surface area (Å²) >= 11 is 1.31. The normalized spacial score (nSPS) is 11.3. The first-order chi connectivity index (χ1) is 13.1. The van der Waals surface area contributed by atoms with Crippen LogP contribution in [0.25, 0.3) is 11.5 Å². The fraction of sp³-hybridized carbons (Fsp3) is 0.100. The van der Waals surface area contributed by atoms with Crippen molar-refractivity contribution in [2.45, 2.75) is 17.4 Å². The first kappa shape index (κ1) is 17.5. The molecule has 0 atom stereocenters. The lowest BCUT2D eigenvalue weighted by Gasteiger charge is -2.15. The molecule has 0 N–H and O–H groups in total. The van der Waals surface area contributed by atoms with Crippen molar-refractivity contribution in [1.29, 1.82) is 0 Å². The van der Waals surface area contributed by atoms with Gasteiger partial charge < -0.3 is 8.83 Å². The molecule has 0 fully saturated rings. The van der Waals surface area contributed by atoms with Crippen molar-refractivity contribution in [3.63, 3.8) is 0 Å². The average Bonchev–Trinajstić information content (AvgIpc) is 3.30. The molecule has 0 bridgehead atoms. The molecule has 2 aromatic heterocycles. The predicted octanol–water partition coefficient (Wildman–Crippen LogP) is 5.80. The van der Waals surface area contributed by atoms with Crippen molar-refractivity contribution in [1.82, 2.24) is 10.2 Å². The molecule has 0 aliphatic heterocycles. The maximum atomic E-state index is 13.3. The quantitative estimate of drug-likeness (QED) is 0.407. The van der Waals surface area contributed by atoms with Gasteiger partial charge in [0.2, 0.25) is 0 Å². The summed E-state index contributed by atoms with van der Waals surface area (Å²) in [7, 11) is 0. The second-order valence-electron chi connectivity index (χ2n) is 5.86. The molecule has 2 aromatic carbocycles. The maximum absolute atomic E-state index is 13.3. The zero-order valence-electron chi connectivity index (χ0n) is 14.2. The molecule has 7 heteroatoms. The van der Waals surface area contributed by atoms with Crippen LogP contribution in [0.2, 0.25) is 0 Å². The van der Waals surface area contributed by atoms with Crippen LogP contribution in [-0.2, 0) is 0 Å². The number of thioether (sulfide) groups is 1. The standard InChI is InChI=1S/C20H14F2N2O2S/c1-12-17(10-11-25-12)19-23-24-20(26-19)27-18(13-2-6-15(21)7-3-13)14-4-8-16(22)9-5-14/h2-11,18H,1H3. The van der Waals surface area contributed by atoms with Crippen LogP contribution in [0.4, 0.5) is 8.78 Å². The van der Waals surface area contributed by atoms with Crippen LogP contribution in [0.5, 0.6) is 0 Å². The number of hydrogen-bond donors (Lipinski definition) is 0. The van der Waals surface area contributed by atoms with Crippen LogP contribution >= 0.6 is 11.8 Å². The molecule has 4 aromatic rings. The second kappa shape index (κ2) is 7.36. The molecule has 0 saturated carbocycles. The molecule has 0 amide bonds. The molecule has 0 unspecified atom stereocenters. The highest BCUT2D eigenvalue weighted by molar-refractivity contribution is 7.99. The minimum atomic E-state index is -0.322. The molecule has 27 heavy (non-hydrogen) atoms. The minimum absolute atomic E-state index is 0.259. The van der Waals surface area contributed by atoms with E-state index in [1.807, 2.05) is 6.92 Å². The van der Waals surface area contributed by atoms with Crippen molar-refractivity contribution >= 4 is 11.8 Å². The minimum Gasteiger partial charge on any atom is -0.469 e. The lowest BCUT2D eigenvalue weighted by atomic mass is 10.0. The molecule has 0 aliphatic rings. The Morgan fingerprint density at radius 3 is 1.96 bits per heavy atom. The van der Waals surface area contributed by atoms with E-state index >= 15 is 0 Å². The van der Waals surface area contributed by atoms with Crippen molar-refractivity contribution in [2.24, 2.45) is 0 Å². The lowest BCUT2D eigenvalue weighted by Crippen LogP contribution is -1.97. The van der Waals surface area contributed by atoms with Crippen LogP contribution in [0.1, 0.15) is 22.1 Å². The van der Waals surface area contributed by atoms with E-state index in [0.717, 1.165) is 16.7 Å². The third-order valence-electron chi connectivity index (χ3n) is 4.06. The molecule has 0 saturated heterocycles. The largest absolute Gasteiger partial charge is 0.469 e. The van der Waals surface area contributed by atoms with Gasteiger partial charge in [-0.05, 0) is 48.4 Å². The van der Waals surface area contributed by atoms with E-state index in [9.17, 15) is 8.78 Å². The van der Waals surface area contributed by atoms with Gasteiger partial charge in [-0.15, -0.1) is 10.2 Å². The highest BCUT2D eigenvalue weighted by Gasteiger charge is 2.21. The van der Waals surface area contributed by atoms with Gasteiger partial charge in [-0.2, -0.15) is 0 Å². The smallest absolute Gasteiger partial charge is 0.277 e. The highest BCUT2D eigenvalue weighted by atomic mass is 32.2. The van der Waals surface area contributed by atoms with Gasteiger partial charge in [0.15, 0.2) is 0 Å². The van der Waals surface area contributed by atoms with Crippen LogP contribution in [0.3, 0.4) is 0 Å². The molecule has 0 aliphatic carbocycles. The molecule has 136 valence electrons. The summed E-state index contributed by atoms with van der Waals surface area (Å²) < 4.78 is 37.7. The van der Waals surface area contributed by atoms with Gasteiger partial charge >= 0.3 is 0 Å². The highest BCUT2D eigenvalue weighted by Crippen LogP contribution is 2.40. The first-order valence-corrected chi connectivity index (χ1v) is 9.03. The molecule has 0 spiro atoms. The topological polar surface area (TPSA) is 52.1 Å². The third-order valence-corrected chi connectivity index (χ3v) is 5.21. The van der Waals surface area contributed by atoms with Crippen molar-refractivity contribution < 1.29 is 17.6 Å². The Hall–Kier alpha value is -2.93. The summed E-state index contributed by atoms with van der Waals surface area (Å²) in [5.74, 6) is 0.402. The zero-order valence-corrected chi connectivity index (χ0v) is 15.0. The van der Waals surface area contributed by atoms with Crippen molar-refractivity contribution in [2.75, 3.05) is 0 Å². The Kier molecular flexibility index (Phi) is 4.77. The van der Waals surface area contributed by atoms with E-state index in [2.05, 4.69) is 10.2 Å².